The Kier molecular flexibility index (Phi) is 6.06. The number of aromatic amines is 1. The normalized spacial score (nSPS) is 14.8. The Hall–Kier alpha value is -4.59. The van der Waals surface area contributed by atoms with Crippen molar-refractivity contribution in [1.82, 2.24) is 20.4 Å². The lowest BCUT2D eigenvalue weighted by molar-refractivity contribution is 0.0767. The number of benzene rings is 3. The second-order valence-corrected chi connectivity index (χ2v) is 9.18. The zero-order chi connectivity index (χ0) is 25.2. The number of H-pyrrole nitrogens is 1. The van der Waals surface area contributed by atoms with Gasteiger partial charge in [0.15, 0.2) is 11.5 Å². The van der Waals surface area contributed by atoms with Crippen molar-refractivity contribution in [3.8, 4) is 22.8 Å². The van der Waals surface area contributed by atoms with Crippen LogP contribution in [0.3, 0.4) is 0 Å². The first-order valence-corrected chi connectivity index (χ1v) is 12.3. The maximum Gasteiger partial charge on any atom is 0.255 e. The van der Waals surface area contributed by atoms with Gasteiger partial charge in [-0.25, -0.2) is 0 Å². The standard InChI is InChI=1S/C29H26N4O4/c34-28(24-16-31-32-27(24)20-10-11-25-26(14-20)37-13-12-36-25)30-15-22(19-6-2-1-3-7-19)18-33-17-21-8-4-5-9-23(21)29(33)35/h1-11,14,16,22H,12-13,15,17-18H2,(H,30,34)(H,31,32). The molecule has 37 heavy (non-hydrogen) atoms. The summed E-state index contributed by atoms with van der Waals surface area (Å²) in [5, 5.41) is 10.1. The molecule has 2 N–H and O–H groups in total. The Bertz CT molecular complexity index is 1450. The molecule has 4 aromatic rings. The molecule has 1 aromatic heterocycles. The summed E-state index contributed by atoms with van der Waals surface area (Å²) in [7, 11) is 0. The van der Waals surface area contributed by atoms with Crippen LogP contribution in [-0.2, 0) is 6.54 Å². The first-order valence-electron chi connectivity index (χ1n) is 12.3. The third kappa shape index (κ3) is 4.53. The number of amides is 2. The number of fused-ring (bicyclic) bond motifs is 2. The van der Waals surface area contributed by atoms with Crippen LogP contribution < -0.4 is 14.8 Å². The molecular weight excluding hydrogens is 468 g/mol. The fourth-order valence-corrected chi connectivity index (χ4v) is 4.93. The molecule has 3 heterocycles. The van der Waals surface area contributed by atoms with Crippen LogP contribution in [0.5, 0.6) is 11.5 Å². The molecule has 0 radical (unpaired) electrons. The largest absolute Gasteiger partial charge is 0.486 e. The minimum absolute atomic E-state index is 0.0265. The maximum atomic E-state index is 13.3. The smallest absolute Gasteiger partial charge is 0.255 e. The summed E-state index contributed by atoms with van der Waals surface area (Å²) in [6.45, 7) is 2.44. The number of hydrogen-bond acceptors (Lipinski definition) is 5. The summed E-state index contributed by atoms with van der Waals surface area (Å²) in [6, 6.07) is 23.2. The molecule has 3 aromatic carbocycles. The molecule has 8 nitrogen and oxygen atoms in total. The Morgan fingerprint density at radius 1 is 1.00 bits per heavy atom. The second kappa shape index (κ2) is 9.81. The first-order chi connectivity index (χ1) is 18.2. The van der Waals surface area contributed by atoms with Crippen molar-refractivity contribution < 1.29 is 19.1 Å². The van der Waals surface area contributed by atoms with Crippen molar-refractivity contribution >= 4 is 11.8 Å². The molecule has 186 valence electrons. The predicted octanol–water partition coefficient (Wildman–Crippen LogP) is 4.02. The van der Waals surface area contributed by atoms with E-state index < -0.39 is 0 Å². The van der Waals surface area contributed by atoms with E-state index in [1.54, 1.807) is 0 Å². The van der Waals surface area contributed by atoms with Crippen LogP contribution in [0.2, 0.25) is 0 Å². The van der Waals surface area contributed by atoms with Crippen molar-refractivity contribution in [3.63, 3.8) is 0 Å². The van der Waals surface area contributed by atoms with E-state index in [0.29, 0.717) is 55.6 Å². The average Bonchev–Trinajstić information content (AvgIpc) is 3.56. The van der Waals surface area contributed by atoms with Gasteiger partial charge < -0.3 is 19.7 Å². The molecule has 0 bridgehead atoms. The Morgan fingerprint density at radius 3 is 2.62 bits per heavy atom. The van der Waals surface area contributed by atoms with E-state index in [-0.39, 0.29) is 17.7 Å². The lowest BCUT2D eigenvalue weighted by Gasteiger charge is -2.24. The van der Waals surface area contributed by atoms with Crippen molar-refractivity contribution in [1.29, 1.82) is 0 Å². The molecule has 2 amide bonds. The lowest BCUT2D eigenvalue weighted by atomic mass is 9.98. The highest BCUT2D eigenvalue weighted by atomic mass is 16.6. The molecule has 2 aliphatic heterocycles. The summed E-state index contributed by atoms with van der Waals surface area (Å²) in [5.41, 5.74) is 4.67. The van der Waals surface area contributed by atoms with Crippen LogP contribution in [0.15, 0.2) is 79.0 Å². The molecule has 0 saturated carbocycles. The van der Waals surface area contributed by atoms with Gasteiger partial charge in [-0.2, -0.15) is 5.10 Å². The number of carbonyl (C=O) groups excluding carboxylic acids is 2. The summed E-state index contributed by atoms with van der Waals surface area (Å²) >= 11 is 0. The number of carbonyl (C=O) groups is 2. The summed E-state index contributed by atoms with van der Waals surface area (Å²) in [4.78, 5) is 28.2. The van der Waals surface area contributed by atoms with E-state index in [1.807, 2.05) is 77.7 Å². The molecule has 0 aliphatic carbocycles. The minimum Gasteiger partial charge on any atom is -0.486 e. The molecule has 8 heteroatoms. The zero-order valence-electron chi connectivity index (χ0n) is 20.1. The van der Waals surface area contributed by atoms with Gasteiger partial charge in [0.25, 0.3) is 11.8 Å². The number of nitrogens with zero attached hydrogens (tertiary/aromatic N) is 2. The quantitative estimate of drug-likeness (QED) is 0.405. The molecule has 0 spiro atoms. The summed E-state index contributed by atoms with van der Waals surface area (Å²) in [6.07, 6.45) is 1.53. The van der Waals surface area contributed by atoms with E-state index in [4.69, 9.17) is 9.47 Å². The Balaban J connectivity index is 1.19. The molecule has 6 rings (SSSR count). The van der Waals surface area contributed by atoms with Gasteiger partial charge in [-0.1, -0.05) is 48.5 Å². The fraction of sp³-hybridized carbons (Fsp3) is 0.207. The monoisotopic (exact) mass is 494 g/mol. The van der Waals surface area contributed by atoms with Crippen LogP contribution in [0.4, 0.5) is 0 Å². The first kappa shape index (κ1) is 22.8. The SMILES string of the molecule is O=C(NCC(CN1Cc2ccccc2C1=O)c1ccccc1)c1cn[nH]c1-c1ccc2c(c1)OCCO2. The number of rotatable bonds is 7. The van der Waals surface area contributed by atoms with Gasteiger partial charge in [0.05, 0.1) is 17.5 Å². The highest BCUT2D eigenvalue weighted by Crippen LogP contribution is 2.35. The molecule has 0 fully saturated rings. The van der Waals surface area contributed by atoms with Crippen molar-refractivity contribution in [2.45, 2.75) is 12.5 Å². The fourth-order valence-electron chi connectivity index (χ4n) is 4.93. The van der Waals surface area contributed by atoms with E-state index in [0.717, 1.165) is 22.3 Å². The predicted molar refractivity (Wildman–Crippen MR) is 138 cm³/mol. The van der Waals surface area contributed by atoms with Gasteiger partial charge in [0.2, 0.25) is 0 Å². The number of ether oxygens (including phenoxy) is 2. The molecule has 2 aliphatic rings. The van der Waals surface area contributed by atoms with Crippen LogP contribution in [0, 0.1) is 0 Å². The molecule has 1 unspecified atom stereocenters. The van der Waals surface area contributed by atoms with Crippen molar-refractivity contribution in [2.75, 3.05) is 26.3 Å². The van der Waals surface area contributed by atoms with E-state index in [9.17, 15) is 9.59 Å². The molecule has 0 saturated heterocycles. The van der Waals surface area contributed by atoms with Crippen LogP contribution in [0.1, 0.15) is 37.8 Å². The topological polar surface area (TPSA) is 96.6 Å². The highest BCUT2D eigenvalue weighted by Gasteiger charge is 2.29. The molecular formula is C29H26N4O4. The average molecular weight is 495 g/mol. The number of nitrogens with one attached hydrogen (secondary N) is 2. The lowest BCUT2D eigenvalue weighted by Crippen LogP contribution is -2.36. The van der Waals surface area contributed by atoms with Crippen molar-refractivity contribution in [2.24, 2.45) is 0 Å². The van der Waals surface area contributed by atoms with E-state index >= 15 is 0 Å². The van der Waals surface area contributed by atoms with E-state index in [2.05, 4.69) is 15.5 Å². The van der Waals surface area contributed by atoms with Crippen LogP contribution in [-0.4, -0.2) is 53.2 Å². The number of hydrogen-bond donors (Lipinski definition) is 2. The Labute approximate surface area is 214 Å². The van der Waals surface area contributed by atoms with Gasteiger partial charge in [-0.3, -0.25) is 14.7 Å². The third-order valence-electron chi connectivity index (χ3n) is 6.83. The maximum absolute atomic E-state index is 13.3. The Morgan fingerprint density at radius 2 is 1.78 bits per heavy atom. The van der Waals surface area contributed by atoms with Gasteiger partial charge in [-0.15, -0.1) is 0 Å². The number of aromatic nitrogens is 2. The second-order valence-electron chi connectivity index (χ2n) is 9.18. The molecule has 1 atom stereocenters. The van der Waals surface area contributed by atoms with Crippen LogP contribution >= 0.6 is 0 Å². The highest BCUT2D eigenvalue weighted by molar-refractivity contribution is 6.00. The third-order valence-corrected chi connectivity index (χ3v) is 6.83. The van der Waals surface area contributed by atoms with Gasteiger partial charge >= 0.3 is 0 Å². The van der Waals surface area contributed by atoms with Gasteiger partial charge in [0.1, 0.15) is 13.2 Å². The van der Waals surface area contributed by atoms with Crippen LogP contribution in [0.25, 0.3) is 11.3 Å². The minimum atomic E-state index is -0.240. The summed E-state index contributed by atoms with van der Waals surface area (Å²) in [5.74, 6) is 1.04. The summed E-state index contributed by atoms with van der Waals surface area (Å²) < 4.78 is 11.3. The van der Waals surface area contributed by atoms with Crippen molar-refractivity contribution in [3.05, 3.63) is 101 Å². The zero-order valence-corrected chi connectivity index (χ0v) is 20.1. The van der Waals surface area contributed by atoms with Gasteiger partial charge in [0, 0.05) is 36.7 Å². The van der Waals surface area contributed by atoms with E-state index in [1.165, 1.54) is 6.20 Å². The van der Waals surface area contributed by atoms with Gasteiger partial charge in [-0.05, 0) is 35.4 Å².